The SMILES string of the molecule is Cn1cc(CCCNC(=O)N2C[C@@H]3CCC[C@@]3(C(=O)O)C2)cn1. The van der Waals surface area contributed by atoms with Crippen molar-refractivity contribution in [3.8, 4) is 0 Å². The molecule has 0 spiro atoms. The van der Waals surface area contributed by atoms with Crippen molar-refractivity contribution in [3.05, 3.63) is 18.0 Å². The number of aromatic nitrogens is 2. The molecule has 0 unspecified atom stereocenters. The second-order valence-corrected chi connectivity index (χ2v) is 6.79. The maximum atomic E-state index is 12.3. The fourth-order valence-corrected chi connectivity index (χ4v) is 3.99. The van der Waals surface area contributed by atoms with Crippen LogP contribution in [0.4, 0.5) is 4.79 Å². The first-order valence-corrected chi connectivity index (χ1v) is 8.25. The van der Waals surface area contributed by atoms with E-state index in [9.17, 15) is 14.7 Å². The average molecular weight is 320 g/mol. The van der Waals surface area contributed by atoms with Crippen molar-refractivity contribution >= 4 is 12.0 Å². The lowest BCUT2D eigenvalue weighted by atomic mass is 9.81. The normalized spacial score (nSPS) is 26.3. The number of hydrogen-bond donors (Lipinski definition) is 2. The van der Waals surface area contributed by atoms with Crippen LogP contribution in [0.25, 0.3) is 0 Å². The minimum atomic E-state index is -0.744. The van der Waals surface area contributed by atoms with Crippen LogP contribution < -0.4 is 5.32 Å². The van der Waals surface area contributed by atoms with Crippen LogP contribution in [0.1, 0.15) is 31.2 Å². The van der Waals surface area contributed by atoms with Gasteiger partial charge in [0.2, 0.25) is 0 Å². The largest absolute Gasteiger partial charge is 0.481 e. The second kappa shape index (κ2) is 6.22. The molecular weight excluding hydrogens is 296 g/mol. The predicted molar refractivity (Wildman–Crippen MR) is 83.9 cm³/mol. The molecule has 7 heteroatoms. The number of nitrogens with zero attached hydrogens (tertiary/aromatic N) is 3. The monoisotopic (exact) mass is 320 g/mol. The van der Waals surface area contributed by atoms with Crippen LogP contribution in [0.2, 0.25) is 0 Å². The number of carbonyl (C=O) groups excluding carboxylic acids is 1. The van der Waals surface area contributed by atoms with Crippen molar-refractivity contribution in [3.63, 3.8) is 0 Å². The number of nitrogens with one attached hydrogen (secondary N) is 1. The van der Waals surface area contributed by atoms with Crippen molar-refractivity contribution in [1.29, 1.82) is 0 Å². The lowest BCUT2D eigenvalue weighted by molar-refractivity contribution is -0.149. The second-order valence-electron chi connectivity index (χ2n) is 6.79. The molecule has 2 amide bonds. The van der Waals surface area contributed by atoms with Crippen LogP contribution in [-0.2, 0) is 18.3 Å². The summed E-state index contributed by atoms with van der Waals surface area (Å²) in [6.45, 7) is 1.51. The highest BCUT2D eigenvalue weighted by Crippen LogP contribution is 2.48. The Morgan fingerprint density at radius 3 is 3.00 bits per heavy atom. The Balaban J connectivity index is 1.45. The van der Waals surface area contributed by atoms with Crippen LogP contribution in [0.15, 0.2) is 12.4 Å². The number of rotatable bonds is 5. The topological polar surface area (TPSA) is 87.5 Å². The van der Waals surface area contributed by atoms with Crippen LogP contribution in [-0.4, -0.2) is 51.4 Å². The van der Waals surface area contributed by atoms with E-state index in [1.54, 1.807) is 9.58 Å². The molecule has 1 aliphatic carbocycles. The Morgan fingerprint density at radius 1 is 1.52 bits per heavy atom. The molecule has 1 aromatic rings. The van der Waals surface area contributed by atoms with Gasteiger partial charge in [-0.1, -0.05) is 6.42 Å². The lowest BCUT2D eigenvalue weighted by Crippen LogP contribution is -2.42. The summed E-state index contributed by atoms with van der Waals surface area (Å²) in [4.78, 5) is 25.6. The van der Waals surface area contributed by atoms with Crippen LogP contribution in [0, 0.1) is 11.3 Å². The first-order valence-electron chi connectivity index (χ1n) is 8.25. The molecule has 3 rings (SSSR count). The maximum absolute atomic E-state index is 12.3. The van der Waals surface area contributed by atoms with Crippen molar-refractivity contribution in [2.45, 2.75) is 32.1 Å². The zero-order valence-corrected chi connectivity index (χ0v) is 13.5. The van der Waals surface area contributed by atoms with E-state index in [0.717, 1.165) is 31.2 Å². The zero-order chi connectivity index (χ0) is 16.4. The molecule has 7 nitrogen and oxygen atoms in total. The third-order valence-electron chi connectivity index (χ3n) is 5.26. The third-order valence-corrected chi connectivity index (χ3v) is 5.26. The number of urea groups is 1. The molecule has 0 aromatic carbocycles. The smallest absolute Gasteiger partial charge is 0.317 e. The Labute approximate surface area is 135 Å². The number of likely N-dealkylation sites (tertiary alicyclic amines) is 1. The number of aryl methyl sites for hydroxylation is 2. The van der Waals surface area contributed by atoms with Crippen LogP contribution >= 0.6 is 0 Å². The summed E-state index contributed by atoms with van der Waals surface area (Å²) < 4.78 is 1.77. The molecule has 2 aliphatic rings. The third kappa shape index (κ3) is 3.04. The summed E-state index contributed by atoms with van der Waals surface area (Å²) in [5.41, 5.74) is 0.454. The van der Waals surface area contributed by atoms with Crippen molar-refractivity contribution in [2.75, 3.05) is 19.6 Å². The van der Waals surface area contributed by atoms with E-state index >= 15 is 0 Å². The van der Waals surface area contributed by atoms with Gasteiger partial charge in [-0.05, 0) is 37.2 Å². The molecule has 0 bridgehead atoms. The molecule has 126 valence electrons. The summed E-state index contributed by atoms with van der Waals surface area (Å²) in [6.07, 6.45) is 8.08. The van der Waals surface area contributed by atoms with Gasteiger partial charge in [-0.2, -0.15) is 5.10 Å². The summed E-state index contributed by atoms with van der Waals surface area (Å²) in [6, 6.07) is -0.133. The van der Waals surface area contributed by atoms with Gasteiger partial charge in [0.25, 0.3) is 0 Å². The van der Waals surface area contributed by atoms with E-state index in [2.05, 4.69) is 10.4 Å². The molecule has 1 saturated heterocycles. The molecule has 1 aromatic heterocycles. The Bertz CT molecular complexity index is 600. The number of carboxylic acid groups (broad SMARTS) is 1. The standard InChI is InChI=1S/C16H24N4O3/c1-19-9-12(8-18-19)4-3-7-17-15(23)20-10-13-5-2-6-16(13,11-20)14(21)22/h8-9,13H,2-7,10-11H2,1H3,(H,17,23)(H,21,22)/t13-,16+/m0/s1. The van der Waals surface area contributed by atoms with Crippen LogP contribution in [0.5, 0.6) is 0 Å². The summed E-state index contributed by atoms with van der Waals surface area (Å²) in [7, 11) is 1.88. The number of fused-ring (bicyclic) bond motifs is 1. The van der Waals surface area contributed by atoms with Crippen molar-refractivity contribution < 1.29 is 14.7 Å². The average Bonchev–Trinajstić information content (AvgIpc) is 3.16. The predicted octanol–water partition coefficient (Wildman–Crippen LogP) is 1.25. The molecule has 23 heavy (non-hydrogen) atoms. The van der Waals surface area contributed by atoms with Crippen molar-refractivity contribution in [1.82, 2.24) is 20.0 Å². The van der Waals surface area contributed by atoms with Crippen molar-refractivity contribution in [2.24, 2.45) is 18.4 Å². The fraction of sp³-hybridized carbons (Fsp3) is 0.688. The quantitative estimate of drug-likeness (QED) is 0.799. The molecule has 0 radical (unpaired) electrons. The van der Waals surface area contributed by atoms with Gasteiger partial charge >= 0.3 is 12.0 Å². The fourth-order valence-electron chi connectivity index (χ4n) is 3.99. The molecular formula is C16H24N4O3. The highest BCUT2D eigenvalue weighted by atomic mass is 16.4. The Hall–Kier alpha value is -2.05. The van der Waals surface area contributed by atoms with Gasteiger partial charge in [0.15, 0.2) is 0 Å². The van der Waals surface area contributed by atoms with Gasteiger partial charge in [0.1, 0.15) is 0 Å². The van der Waals surface area contributed by atoms with Gasteiger partial charge in [-0.15, -0.1) is 0 Å². The highest BCUT2D eigenvalue weighted by molar-refractivity contribution is 5.80. The minimum absolute atomic E-state index is 0.112. The van der Waals surface area contributed by atoms with Gasteiger partial charge in [-0.25, -0.2) is 4.79 Å². The summed E-state index contributed by atoms with van der Waals surface area (Å²) in [5, 5.41) is 16.6. The Morgan fingerprint density at radius 2 is 2.35 bits per heavy atom. The molecule has 2 atom stereocenters. The van der Waals surface area contributed by atoms with E-state index in [1.807, 2.05) is 19.4 Å². The number of carboxylic acids is 1. The van der Waals surface area contributed by atoms with Gasteiger partial charge in [-0.3, -0.25) is 9.48 Å². The number of aliphatic carboxylic acids is 1. The van der Waals surface area contributed by atoms with Gasteiger partial charge in [0.05, 0.1) is 11.6 Å². The molecule has 1 aliphatic heterocycles. The van der Waals surface area contributed by atoms with Gasteiger partial charge < -0.3 is 15.3 Å². The zero-order valence-electron chi connectivity index (χ0n) is 13.5. The molecule has 2 fully saturated rings. The van der Waals surface area contributed by atoms with E-state index < -0.39 is 11.4 Å². The summed E-state index contributed by atoms with van der Waals surface area (Å²) >= 11 is 0. The van der Waals surface area contributed by atoms with Crippen LogP contribution in [0.3, 0.4) is 0 Å². The summed E-state index contributed by atoms with van der Waals surface area (Å²) in [5.74, 6) is -0.631. The van der Waals surface area contributed by atoms with E-state index in [4.69, 9.17) is 0 Å². The molecule has 2 N–H and O–H groups in total. The molecule has 1 saturated carbocycles. The number of carbonyl (C=O) groups is 2. The highest BCUT2D eigenvalue weighted by Gasteiger charge is 2.55. The van der Waals surface area contributed by atoms with E-state index in [0.29, 0.717) is 26.1 Å². The van der Waals surface area contributed by atoms with Gasteiger partial charge in [0, 0.05) is 32.9 Å². The minimum Gasteiger partial charge on any atom is -0.481 e. The molecule has 2 heterocycles. The lowest BCUT2D eigenvalue weighted by Gasteiger charge is -2.23. The maximum Gasteiger partial charge on any atom is 0.317 e. The first-order chi connectivity index (χ1) is 11.0. The van der Waals surface area contributed by atoms with E-state index in [1.165, 1.54) is 0 Å². The Kier molecular flexibility index (Phi) is 4.28. The first kappa shape index (κ1) is 15.8. The van der Waals surface area contributed by atoms with E-state index in [-0.39, 0.29) is 11.9 Å². The number of hydrogen-bond acceptors (Lipinski definition) is 3. The number of amides is 2.